The molecule has 1 aliphatic rings. The molecule has 2 aromatic rings. The van der Waals surface area contributed by atoms with Crippen molar-refractivity contribution in [3.8, 4) is 5.75 Å². The van der Waals surface area contributed by atoms with Crippen molar-refractivity contribution in [3.05, 3.63) is 53.6 Å². The van der Waals surface area contributed by atoms with Crippen LogP contribution >= 0.6 is 0 Å². The van der Waals surface area contributed by atoms with Gasteiger partial charge in [-0.1, -0.05) is 12.1 Å². The summed E-state index contributed by atoms with van der Waals surface area (Å²) in [7, 11) is 0. The number of carbonyl (C=O) groups is 1. The van der Waals surface area contributed by atoms with Crippen LogP contribution in [0.5, 0.6) is 5.75 Å². The molecule has 0 fully saturated rings. The fourth-order valence-corrected chi connectivity index (χ4v) is 2.12. The Morgan fingerprint density at radius 3 is 3.06 bits per heavy atom. The van der Waals surface area contributed by atoms with Gasteiger partial charge in [-0.3, -0.25) is 9.78 Å². The van der Waals surface area contributed by atoms with Crippen LogP contribution in [-0.4, -0.2) is 22.4 Å². The number of para-hydroxylation sites is 1. The lowest BCUT2D eigenvalue weighted by Gasteiger charge is -2.19. The average Bonchev–Trinajstić information content (AvgIpc) is 2.47. The van der Waals surface area contributed by atoms with Gasteiger partial charge in [0.1, 0.15) is 11.4 Å². The van der Waals surface area contributed by atoms with Gasteiger partial charge < -0.3 is 4.74 Å². The van der Waals surface area contributed by atoms with Gasteiger partial charge in [-0.15, -0.1) is 0 Å². The van der Waals surface area contributed by atoms with Crippen LogP contribution < -0.4 is 4.74 Å². The second-order valence-corrected chi connectivity index (χ2v) is 4.17. The van der Waals surface area contributed by atoms with E-state index in [0.29, 0.717) is 23.6 Å². The van der Waals surface area contributed by atoms with Gasteiger partial charge in [-0.25, -0.2) is 4.98 Å². The molecule has 0 unspecified atom stereocenters. The predicted molar refractivity (Wildman–Crippen MR) is 65.7 cm³/mol. The van der Waals surface area contributed by atoms with E-state index >= 15 is 0 Å². The Bertz CT molecular complexity index is 582. The molecule has 0 spiro atoms. The van der Waals surface area contributed by atoms with Gasteiger partial charge >= 0.3 is 0 Å². The van der Waals surface area contributed by atoms with Gasteiger partial charge in [0.15, 0.2) is 0 Å². The third-order valence-electron chi connectivity index (χ3n) is 2.97. The van der Waals surface area contributed by atoms with Gasteiger partial charge in [0.05, 0.1) is 18.4 Å². The van der Waals surface area contributed by atoms with E-state index in [2.05, 4.69) is 9.97 Å². The number of aryl methyl sites for hydroxylation is 1. The minimum atomic E-state index is -0.137. The first-order valence-corrected chi connectivity index (χ1v) is 5.91. The van der Waals surface area contributed by atoms with Crippen LogP contribution in [0.4, 0.5) is 0 Å². The Kier molecular flexibility index (Phi) is 2.76. The number of benzene rings is 1. The zero-order valence-corrected chi connectivity index (χ0v) is 9.80. The minimum absolute atomic E-state index is 0.137. The first kappa shape index (κ1) is 10.9. The van der Waals surface area contributed by atoms with E-state index in [-0.39, 0.29) is 5.78 Å². The van der Waals surface area contributed by atoms with Gasteiger partial charge in [0.25, 0.3) is 0 Å². The highest BCUT2D eigenvalue weighted by Gasteiger charge is 2.20. The Morgan fingerprint density at radius 2 is 2.22 bits per heavy atom. The summed E-state index contributed by atoms with van der Waals surface area (Å²) in [4.78, 5) is 20.3. The monoisotopic (exact) mass is 240 g/mol. The summed E-state index contributed by atoms with van der Waals surface area (Å²) in [6, 6.07) is 5.67. The van der Waals surface area contributed by atoms with E-state index in [1.54, 1.807) is 12.3 Å². The second-order valence-electron chi connectivity index (χ2n) is 4.17. The lowest BCUT2D eigenvalue weighted by atomic mass is 9.99. The first-order valence-electron chi connectivity index (χ1n) is 5.91. The molecule has 4 nitrogen and oxygen atoms in total. The first-order chi connectivity index (χ1) is 8.86. The van der Waals surface area contributed by atoms with Crippen molar-refractivity contribution in [2.75, 3.05) is 6.61 Å². The summed E-state index contributed by atoms with van der Waals surface area (Å²) in [6.45, 7) is 0.664. The zero-order chi connectivity index (χ0) is 12.4. The van der Waals surface area contributed by atoms with Crippen molar-refractivity contribution in [2.45, 2.75) is 12.8 Å². The highest BCUT2D eigenvalue weighted by atomic mass is 16.5. The summed E-state index contributed by atoms with van der Waals surface area (Å²) in [5.74, 6) is 0.571. The summed E-state index contributed by atoms with van der Waals surface area (Å²) in [6.07, 6.45) is 6.49. The lowest BCUT2D eigenvalue weighted by molar-refractivity contribution is 0.102. The van der Waals surface area contributed by atoms with E-state index in [1.165, 1.54) is 12.4 Å². The molecule has 0 saturated carbocycles. The molecule has 0 N–H and O–H groups in total. The highest BCUT2D eigenvalue weighted by Crippen LogP contribution is 2.30. The average molecular weight is 240 g/mol. The maximum Gasteiger partial charge on any atom is 0.216 e. The Morgan fingerprint density at radius 1 is 1.28 bits per heavy atom. The number of hydrogen-bond donors (Lipinski definition) is 0. The molecule has 90 valence electrons. The molecule has 1 aromatic heterocycles. The molecule has 4 heteroatoms. The fraction of sp³-hybridized carbons (Fsp3) is 0.214. The third-order valence-corrected chi connectivity index (χ3v) is 2.97. The van der Waals surface area contributed by atoms with Crippen LogP contribution in [0.1, 0.15) is 28.0 Å². The van der Waals surface area contributed by atoms with E-state index in [9.17, 15) is 4.79 Å². The Labute approximate surface area is 105 Å². The number of nitrogens with zero attached hydrogens (tertiary/aromatic N) is 2. The Hall–Kier alpha value is -2.23. The van der Waals surface area contributed by atoms with Gasteiger partial charge in [0, 0.05) is 12.4 Å². The number of ketones is 1. The number of ether oxygens (including phenoxy) is 1. The summed E-state index contributed by atoms with van der Waals surface area (Å²) in [5.41, 5.74) is 2.02. The van der Waals surface area contributed by atoms with E-state index in [0.717, 1.165) is 18.4 Å². The molecule has 0 aliphatic carbocycles. The Balaban J connectivity index is 2.05. The van der Waals surface area contributed by atoms with Crippen molar-refractivity contribution in [1.29, 1.82) is 0 Å². The quantitative estimate of drug-likeness (QED) is 0.754. The number of aromatic nitrogens is 2. The number of fused-ring (bicyclic) bond motifs is 1. The molecule has 3 rings (SSSR count). The van der Waals surface area contributed by atoms with Crippen LogP contribution in [0.15, 0.2) is 36.8 Å². The van der Waals surface area contributed by atoms with Crippen LogP contribution in [0.3, 0.4) is 0 Å². The van der Waals surface area contributed by atoms with Crippen molar-refractivity contribution in [2.24, 2.45) is 0 Å². The van der Waals surface area contributed by atoms with E-state index < -0.39 is 0 Å². The van der Waals surface area contributed by atoms with Crippen molar-refractivity contribution in [3.63, 3.8) is 0 Å². The molecule has 2 heterocycles. The standard InChI is InChI=1S/C14H12N2O2/c17-13(12-9-15-6-7-16-12)11-5-1-3-10-4-2-8-18-14(10)11/h1,3,5-7,9H,2,4,8H2. The van der Waals surface area contributed by atoms with Crippen LogP contribution in [-0.2, 0) is 6.42 Å². The SMILES string of the molecule is O=C(c1cnccn1)c1cccc2c1OCCC2. The van der Waals surface area contributed by atoms with Crippen molar-refractivity contribution >= 4 is 5.78 Å². The fourth-order valence-electron chi connectivity index (χ4n) is 2.12. The van der Waals surface area contributed by atoms with Crippen molar-refractivity contribution < 1.29 is 9.53 Å². The minimum Gasteiger partial charge on any atom is -0.493 e. The predicted octanol–water partition coefficient (Wildman–Crippen LogP) is 2.03. The van der Waals surface area contributed by atoms with E-state index in [4.69, 9.17) is 4.74 Å². The molecule has 0 bridgehead atoms. The highest BCUT2D eigenvalue weighted by molar-refractivity contribution is 6.09. The van der Waals surface area contributed by atoms with Gasteiger partial charge in [-0.2, -0.15) is 0 Å². The van der Waals surface area contributed by atoms with Crippen LogP contribution in [0, 0.1) is 0 Å². The number of rotatable bonds is 2. The number of hydrogen-bond acceptors (Lipinski definition) is 4. The maximum atomic E-state index is 12.3. The topological polar surface area (TPSA) is 52.1 Å². The smallest absolute Gasteiger partial charge is 0.216 e. The lowest BCUT2D eigenvalue weighted by Crippen LogP contribution is -2.14. The maximum absolute atomic E-state index is 12.3. The summed E-state index contributed by atoms with van der Waals surface area (Å²) >= 11 is 0. The molecule has 1 aliphatic heterocycles. The zero-order valence-electron chi connectivity index (χ0n) is 9.80. The van der Waals surface area contributed by atoms with Gasteiger partial charge in [-0.05, 0) is 24.5 Å². The van der Waals surface area contributed by atoms with Gasteiger partial charge in [0.2, 0.25) is 5.78 Å². The van der Waals surface area contributed by atoms with Crippen LogP contribution in [0.2, 0.25) is 0 Å². The molecule has 0 atom stereocenters. The molecular weight excluding hydrogens is 228 g/mol. The molecule has 18 heavy (non-hydrogen) atoms. The van der Waals surface area contributed by atoms with Crippen molar-refractivity contribution in [1.82, 2.24) is 9.97 Å². The molecule has 0 amide bonds. The largest absolute Gasteiger partial charge is 0.493 e. The second kappa shape index (κ2) is 4.56. The van der Waals surface area contributed by atoms with E-state index in [1.807, 2.05) is 12.1 Å². The number of carbonyl (C=O) groups excluding carboxylic acids is 1. The summed E-state index contributed by atoms with van der Waals surface area (Å²) < 4.78 is 5.63. The third kappa shape index (κ3) is 1.86. The molecule has 0 radical (unpaired) electrons. The molecular formula is C14H12N2O2. The van der Waals surface area contributed by atoms with Crippen LogP contribution in [0.25, 0.3) is 0 Å². The molecule has 0 saturated heterocycles. The normalized spacial score (nSPS) is 13.6. The molecule has 1 aromatic carbocycles. The summed E-state index contributed by atoms with van der Waals surface area (Å²) in [5, 5.41) is 0.